The SMILES string of the molecule is COc1ccc(C(=O)Oc2ccc(Br)cc2/C=N\NC(=O)c2ccc(F)cc2)cc1. The molecule has 8 heteroatoms. The van der Waals surface area contributed by atoms with Crippen molar-refractivity contribution in [3.8, 4) is 11.5 Å². The Kier molecular flexibility index (Phi) is 6.92. The normalized spacial score (nSPS) is 10.6. The number of hydrogen-bond donors (Lipinski definition) is 1. The Hall–Kier alpha value is -3.52. The van der Waals surface area contributed by atoms with Gasteiger partial charge < -0.3 is 9.47 Å². The van der Waals surface area contributed by atoms with Crippen LogP contribution in [0, 0.1) is 5.82 Å². The highest BCUT2D eigenvalue weighted by atomic mass is 79.9. The molecule has 3 aromatic carbocycles. The third kappa shape index (κ3) is 5.51. The summed E-state index contributed by atoms with van der Waals surface area (Å²) in [4.78, 5) is 24.5. The van der Waals surface area contributed by atoms with Gasteiger partial charge in [0.05, 0.1) is 18.9 Å². The minimum atomic E-state index is -0.551. The molecular weight excluding hydrogens is 455 g/mol. The zero-order chi connectivity index (χ0) is 21.5. The van der Waals surface area contributed by atoms with Gasteiger partial charge in [0.25, 0.3) is 5.91 Å². The van der Waals surface area contributed by atoms with Gasteiger partial charge in [-0.25, -0.2) is 14.6 Å². The minimum Gasteiger partial charge on any atom is -0.497 e. The van der Waals surface area contributed by atoms with E-state index in [1.165, 1.54) is 37.6 Å². The maximum absolute atomic E-state index is 13.0. The van der Waals surface area contributed by atoms with Gasteiger partial charge in [-0.2, -0.15) is 5.10 Å². The molecule has 0 aliphatic rings. The second-order valence-corrected chi connectivity index (χ2v) is 6.92. The number of nitrogens with zero attached hydrogens (tertiary/aromatic N) is 1. The molecule has 0 saturated heterocycles. The Morgan fingerprint density at radius 3 is 2.33 bits per heavy atom. The first kappa shape index (κ1) is 21.2. The molecule has 0 aliphatic heterocycles. The highest BCUT2D eigenvalue weighted by Crippen LogP contribution is 2.23. The van der Waals surface area contributed by atoms with Gasteiger partial charge in [0.1, 0.15) is 17.3 Å². The van der Waals surface area contributed by atoms with Gasteiger partial charge in [-0.05, 0) is 66.7 Å². The number of carbonyl (C=O) groups is 2. The van der Waals surface area contributed by atoms with Crippen LogP contribution >= 0.6 is 15.9 Å². The van der Waals surface area contributed by atoms with E-state index < -0.39 is 17.7 Å². The summed E-state index contributed by atoms with van der Waals surface area (Å²) in [6.45, 7) is 0. The van der Waals surface area contributed by atoms with Crippen molar-refractivity contribution >= 4 is 34.0 Å². The van der Waals surface area contributed by atoms with Crippen molar-refractivity contribution in [1.82, 2.24) is 5.43 Å². The van der Waals surface area contributed by atoms with Crippen molar-refractivity contribution < 1.29 is 23.5 Å². The van der Waals surface area contributed by atoms with Gasteiger partial charge in [-0.15, -0.1) is 0 Å². The van der Waals surface area contributed by atoms with Crippen LogP contribution in [0.3, 0.4) is 0 Å². The molecule has 0 unspecified atom stereocenters. The Morgan fingerprint density at radius 1 is 1.00 bits per heavy atom. The molecule has 0 spiro atoms. The lowest BCUT2D eigenvalue weighted by molar-refractivity contribution is 0.0734. The van der Waals surface area contributed by atoms with Crippen molar-refractivity contribution in [2.24, 2.45) is 5.10 Å². The van der Waals surface area contributed by atoms with E-state index in [4.69, 9.17) is 9.47 Å². The summed E-state index contributed by atoms with van der Waals surface area (Å²) in [5.74, 6) is -0.603. The molecule has 0 atom stereocenters. The average molecular weight is 471 g/mol. The van der Waals surface area contributed by atoms with E-state index in [0.29, 0.717) is 16.9 Å². The van der Waals surface area contributed by atoms with Crippen molar-refractivity contribution in [3.63, 3.8) is 0 Å². The molecule has 30 heavy (non-hydrogen) atoms. The van der Waals surface area contributed by atoms with Crippen molar-refractivity contribution in [1.29, 1.82) is 0 Å². The summed E-state index contributed by atoms with van der Waals surface area (Å²) in [7, 11) is 1.54. The molecule has 0 aliphatic carbocycles. The second kappa shape index (κ2) is 9.80. The van der Waals surface area contributed by atoms with E-state index >= 15 is 0 Å². The van der Waals surface area contributed by atoms with Gasteiger partial charge in [-0.3, -0.25) is 4.79 Å². The predicted octanol–water partition coefficient (Wildman–Crippen LogP) is 4.58. The fraction of sp³-hybridized carbons (Fsp3) is 0.0455. The summed E-state index contributed by atoms with van der Waals surface area (Å²) in [5.41, 5.74) is 3.42. The molecule has 3 aromatic rings. The molecular formula is C22H16BrFN2O4. The number of hydrazone groups is 1. The minimum absolute atomic E-state index is 0.258. The van der Waals surface area contributed by atoms with E-state index in [-0.39, 0.29) is 11.3 Å². The van der Waals surface area contributed by atoms with E-state index in [0.717, 1.165) is 4.47 Å². The van der Waals surface area contributed by atoms with Crippen molar-refractivity contribution in [3.05, 3.63) is 93.7 Å². The van der Waals surface area contributed by atoms with E-state index in [9.17, 15) is 14.0 Å². The third-order valence-electron chi connectivity index (χ3n) is 3.98. The first-order chi connectivity index (χ1) is 14.5. The highest BCUT2D eigenvalue weighted by molar-refractivity contribution is 9.10. The summed E-state index contributed by atoms with van der Waals surface area (Å²) in [5, 5.41) is 3.90. The number of benzene rings is 3. The van der Waals surface area contributed by atoms with Crippen molar-refractivity contribution in [2.75, 3.05) is 7.11 Å². The number of hydrogen-bond acceptors (Lipinski definition) is 5. The lowest BCUT2D eigenvalue weighted by Crippen LogP contribution is -2.17. The van der Waals surface area contributed by atoms with Gasteiger partial charge in [0.15, 0.2) is 0 Å². The largest absolute Gasteiger partial charge is 0.497 e. The molecule has 152 valence electrons. The van der Waals surface area contributed by atoms with Gasteiger partial charge in [0.2, 0.25) is 0 Å². The molecule has 3 rings (SSSR count). The lowest BCUT2D eigenvalue weighted by Gasteiger charge is -2.08. The van der Waals surface area contributed by atoms with Crippen LogP contribution in [0.2, 0.25) is 0 Å². The van der Waals surface area contributed by atoms with E-state index in [1.54, 1.807) is 42.5 Å². The number of amides is 1. The van der Waals surface area contributed by atoms with Gasteiger partial charge in [-0.1, -0.05) is 15.9 Å². The summed E-state index contributed by atoms with van der Waals surface area (Å²) >= 11 is 3.35. The summed E-state index contributed by atoms with van der Waals surface area (Å²) < 4.78 is 24.2. The first-order valence-corrected chi connectivity index (χ1v) is 9.50. The molecule has 0 saturated carbocycles. The van der Waals surface area contributed by atoms with Crippen LogP contribution in [-0.2, 0) is 0 Å². The Labute approximate surface area is 180 Å². The number of methoxy groups -OCH3 is 1. The summed E-state index contributed by atoms with van der Waals surface area (Å²) in [6, 6.07) is 16.6. The van der Waals surface area contributed by atoms with Crippen LogP contribution in [0.1, 0.15) is 26.3 Å². The second-order valence-electron chi connectivity index (χ2n) is 6.01. The summed E-state index contributed by atoms with van der Waals surface area (Å²) in [6.07, 6.45) is 1.35. The number of halogens is 2. The molecule has 1 N–H and O–H groups in total. The molecule has 1 amide bonds. The molecule has 6 nitrogen and oxygen atoms in total. The Bertz CT molecular complexity index is 1080. The zero-order valence-corrected chi connectivity index (χ0v) is 17.4. The fourth-order valence-electron chi connectivity index (χ4n) is 2.43. The van der Waals surface area contributed by atoms with Crippen LogP contribution in [0.15, 0.2) is 76.3 Å². The monoisotopic (exact) mass is 470 g/mol. The molecule has 0 aromatic heterocycles. The maximum atomic E-state index is 13.0. The van der Waals surface area contributed by atoms with Crippen LogP contribution in [0.25, 0.3) is 0 Å². The third-order valence-corrected chi connectivity index (χ3v) is 4.47. The zero-order valence-electron chi connectivity index (χ0n) is 15.8. The number of ether oxygens (including phenoxy) is 2. The van der Waals surface area contributed by atoms with Crippen LogP contribution in [0.5, 0.6) is 11.5 Å². The lowest BCUT2D eigenvalue weighted by atomic mass is 10.2. The van der Waals surface area contributed by atoms with Gasteiger partial charge in [0, 0.05) is 15.6 Å². The Morgan fingerprint density at radius 2 is 1.67 bits per heavy atom. The smallest absolute Gasteiger partial charge is 0.343 e. The fourth-order valence-corrected chi connectivity index (χ4v) is 2.80. The predicted molar refractivity (Wildman–Crippen MR) is 114 cm³/mol. The highest BCUT2D eigenvalue weighted by Gasteiger charge is 2.12. The number of carbonyl (C=O) groups excluding carboxylic acids is 2. The topological polar surface area (TPSA) is 77.0 Å². The molecule has 0 bridgehead atoms. The Balaban J connectivity index is 1.72. The first-order valence-electron chi connectivity index (χ1n) is 8.71. The molecule has 0 heterocycles. The standard InChI is InChI=1S/C22H16BrFN2O4/c1-29-19-9-4-15(5-10-19)22(28)30-20-11-6-17(23)12-16(20)13-25-26-21(27)14-2-7-18(24)8-3-14/h2-13H,1H3,(H,26,27)/b25-13-. The van der Waals surface area contributed by atoms with E-state index in [1.807, 2.05) is 0 Å². The van der Waals surface area contributed by atoms with Crippen LogP contribution in [-0.4, -0.2) is 25.2 Å². The van der Waals surface area contributed by atoms with E-state index in [2.05, 4.69) is 26.5 Å². The van der Waals surface area contributed by atoms with Crippen LogP contribution < -0.4 is 14.9 Å². The quantitative estimate of drug-likeness (QED) is 0.247. The van der Waals surface area contributed by atoms with Gasteiger partial charge >= 0.3 is 5.97 Å². The number of nitrogens with one attached hydrogen (secondary N) is 1. The average Bonchev–Trinajstić information content (AvgIpc) is 2.76. The maximum Gasteiger partial charge on any atom is 0.343 e. The molecule has 0 fully saturated rings. The number of rotatable bonds is 6. The van der Waals surface area contributed by atoms with Crippen molar-refractivity contribution in [2.45, 2.75) is 0 Å². The van der Waals surface area contributed by atoms with Crippen LogP contribution in [0.4, 0.5) is 4.39 Å². The molecule has 0 radical (unpaired) electrons. The number of esters is 1.